The molecule has 0 unspecified atom stereocenters. The average Bonchev–Trinajstić information content (AvgIpc) is 3.52. The molecular formula is C24H26FN5O3. The first-order valence-corrected chi connectivity index (χ1v) is 10.8. The van der Waals surface area contributed by atoms with Gasteiger partial charge in [-0.3, -0.25) is 9.59 Å². The molecule has 0 atom stereocenters. The van der Waals surface area contributed by atoms with Crippen LogP contribution < -0.4 is 21.5 Å². The predicted molar refractivity (Wildman–Crippen MR) is 122 cm³/mol. The van der Waals surface area contributed by atoms with Crippen LogP contribution in [-0.2, 0) is 6.54 Å². The minimum atomic E-state index is -0.664. The van der Waals surface area contributed by atoms with Crippen LogP contribution in [0.25, 0.3) is 5.69 Å². The van der Waals surface area contributed by atoms with E-state index in [1.807, 2.05) is 13.8 Å². The van der Waals surface area contributed by atoms with E-state index in [2.05, 4.69) is 10.4 Å². The number of hydrogen-bond donors (Lipinski definition) is 3. The van der Waals surface area contributed by atoms with Crippen LogP contribution in [0.4, 0.5) is 10.1 Å². The van der Waals surface area contributed by atoms with E-state index in [1.54, 1.807) is 24.3 Å². The Morgan fingerprint density at radius 2 is 1.91 bits per heavy atom. The zero-order valence-corrected chi connectivity index (χ0v) is 18.5. The molecule has 0 bridgehead atoms. The molecule has 1 aromatic heterocycles. The fraction of sp³-hybridized carbons (Fsp3) is 0.292. The molecule has 33 heavy (non-hydrogen) atoms. The topological polar surface area (TPSA) is 125 Å². The normalized spacial score (nSPS) is 13.2. The zero-order valence-electron chi connectivity index (χ0n) is 18.5. The number of amides is 2. The van der Waals surface area contributed by atoms with Crippen molar-refractivity contribution in [2.75, 3.05) is 5.73 Å². The second-order valence-corrected chi connectivity index (χ2v) is 8.39. The van der Waals surface area contributed by atoms with E-state index in [0.29, 0.717) is 17.1 Å². The summed E-state index contributed by atoms with van der Waals surface area (Å²) < 4.78 is 20.9. The highest BCUT2D eigenvalue weighted by molar-refractivity contribution is 5.98. The summed E-state index contributed by atoms with van der Waals surface area (Å²) in [5.41, 5.74) is 14.2. The molecule has 0 aliphatic heterocycles. The molecule has 1 aliphatic carbocycles. The van der Waals surface area contributed by atoms with Gasteiger partial charge in [0.05, 0.1) is 28.7 Å². The van der Waals surface area contributed by atoms with Crippen molar-refractivity contribution < 1.29 is 18.7 Å². The molecule has 3 aromatic rings. The maximum Gasteiger partial charge on any atom is 0.269 e. The van der Waals surface area contributed by atoms with Crippen molar-refractivity contribution in [3.05, 3.63) is 70.8 Å². The van der Waals surface area contributed by atoms with Gasteiger partial charge in [-0.2, -0.15) is 5.10 Å². The van der Waals surface area contributed by atoms with Crippen molar-refractivity contribution in [1.82, 2.24) is 15.1 Å². The molecule has 1 aliphatic rings. The lowest BCUT2D eigenvalue weighted by Crippen LogP contribution is -2.24. The number of ether oxygens (including phenoxy) is 1. The Hall–Kier alpha value is -3.88. The van der Waals surface area contributed by atoms with Gasteiger partial charge in [-0.05, 0) is 54.7 Å². The van der Waals surface area contributed by atoms with E-state index in [-0.39, 0.29) is 35.5 Å². The number of carbonyl (C=O) groups is 2. The summed E-state index contributed by atoms with van der Waals surface area (Å²) in [5, 5.41) is 7.25. The number of halogens is 1. The number of carbonyl (C=O) groups excluding carboxylic acids is 2. The van der Waals surface area contributed by atoms with Gasteiger partial charge in [0.25, 0.3) is 11.8 Å². The number of benzene rings is 2. The number of nitrogens with zero attached hydrogens (tertiary/aromatic N) is 2. The van der Waals surface area contributed by atoms with Crippen molar-refractivity contribution in [2.24, 2.45) is 5.73 Å². The first kappa shape index (κ1) is 22.3. The highest BCUT2D eigenvalue weighted by atomic mass is 19.1. The Morgan fingerprint density at radius 3 is 2.52 bits per heavy atom. The molecule has 172 valence electrons. The summed E-state index contributed by atoms with van der Waals surface area (Å²) in [4.78, 5) is 24.6. The fourth-order valence-corrected chi connectivity index (χ4v) is 3.48. The van der Waals surface area contributed by atoms with Crippen LogP contribution >= 0.6 is 0 Å². The van der Waals surface area contributed by atoms with Crippen molar-refractivity contribution in [3.8, 4) is 11.4 Å². The molecule has 1 heterocycles. The van der Waals surface area contributed by atoms with Crippen LogP contribution in [-0.4, -0.2) is 27.7 Å². The molecule has 0 spiro atoms. The first-order valence-electron chi connectivity index (χ1n) is 10.8. The number of rotatable bonds is 8. The second-order valence-electron chi connectivity index (χ2n) is 8.39. The smallest absolute Gasteiger partial charge is 0.269 e. The van der Waals surface area contributed by atoms with Crippen LogP contribution in [0.15, 0.2) is 42.5 Å². The maximum absolute atomic E-state index is 13.7. The Balaban J connectivity index is 1.49. The molecule has 4 rings (SSSR count). The summed E-state index contributed by atoms with van der Waals surface area (Å²) in [6.45, 7) is 4.08. The van der Waals surface area contributed by atoms with Crippen LogP contribution in [0.3, 0.4) is 0 Å². The molecule has 2 aromatic carbocycles. The van der Waals surface area contributed by atoms with Gasteiger partial charge in [0, 0.05) is 6.54 Å². The maximum atomic E-state index is 13.7. The minimum absolute atomic E-state index is 0.0236. The SMILES string of the molecule is CC(C)c1nn(-c2ccc(CNC(=O)c3cc(F)ccc3OC3CC3)cc2)c(C(N)=O)c1N. The molecular weight excluding hydrogens is 425 g/mol. The number of primary amides is 1. The lowest BCUT2D eigenvalue weighted by molar-refractivity contribution is 0.0944. The van der Waals surface area contributed by atoms with Gasteiger partial charge in [-0.15, -0.1) is 0 Å². The highest BCUT2D eigenvalue weighted by Crippen LogP contribution is 2.30. The Kier molecular flexibility index (Phi) is 6.04. The van der Waals surface area contributed by atoms with E-state index < -0.39 is 17.6 Å². The summed E-state index contributed by atoms with van der Waals surface area (Å²) in [6, 6.07) is 11.0. The van der Waals surface area contributed by atoms with Gasteiger partial charge in [-0.1, -0.05) is 26.0 Å². The zero-order chi connectivity index (χ0) is 23.7. The lowest BCUT2D eigenvalue weighted by atomic mass is 10.1. The van der Waals surface area contributed by atoms with Gasteiger partial charge in [0.1, 0.15) is 11.6 Å². The summed E-state index contributed by atoms with van der Waals surface area (Å²) >= 11 is 0. The first-order chi connectivity index (χ1) is 15.7. The monoisotopic (exact) mass is 451 g/mol. The molecule has 9 heteroatoms. The number of nitrogens with two attached hydrogens (primary N) is 2. The van der Waals surface area contributed by atoms with Crippen LogP contribution in [0, 0.1) is 5.82 Å². The number of nitrogen functional groups attached to an aromatic ring is 1. The third-order valence-electron chi connectivity index (χ3n) is 5.37. The number of nitrogens with one attached hydrogen (secondary N) is 1. The van der Waals surface area contributed by atoms with E-state index in [0.717, 1.165) is 18.4 Å². The van der Waals surface area contributed by atoms with Gasteiger partial charge in [-0.25, -0.2) is 9.07 Å². The van der Waals surface area contributed by atoms with Gasteiger partial charge < -0.3 is 21.5 Å². The largest absolute Gasteiger partial charge is 0.490 e. The van der Waals surface area contributed by atoms with Crippen molar-refractivity contribution in [1.29, 1.82) is 0 Å². The molecule has 0 radical (unpaired) electrons. The number of anilines is 1. The van der Waals surface area contributed by atoms with E-state index >= 15 is 0 Å². The van der Waals surface area contributed by atoms with E-state index in [9.17, 15) is 14.0 Å². The number of hydrogen-bond acceptors (Lipinski definition) is 5. The highest BCUT2D eigenvalue weighted by Gasteiger charge is 2.26. The van der Waals surface area contributed by atoms with E-state index in [4.69, 9.17) is 16.2 Å². The third kappa shape index (κ3) is 4.82. The molecule has 2 amide bonds. The Bertz CT molecular complexity index is 1200. The van der Waals surface area contributed by atoms with E-state index in [1.165, 1.54) is 22.9 Å². The number of aromatic nitrogens is 2. The molecule has 5 N–H and O–H groups in total. The summed E-state index contributed by atoms with van der Waals surface area (Å²) in [5.74, 6) is -1.19. The van der Waals surface area contributed by atoms with Crippen LogP contribution in [0.2, 0.25) is 0 Å². The standard InChI is InChI=1S/C24H26FN5O3/c1-13(2)21-20(26)22(23(27)31)30(29-21)16-6-3-14(4-7-16)12-28-24(32)18-11-15(25)5-10-19(18)33-17-8-9-17/h3-7,10-11,13,17H,8-9,12,26H2,1-2H3,(H2,27,31)(H,28,32). The summed E-state index contributed by atoms with van der Waals surface area (Å²) in [6.07, 6.45) is 1.96. The van der Waals surface area contributed by atoms with Gasteiger partial charge in [0.2, 0.25) is 0 Å². The average molecular weight is 452 g/mol. The van der Waals surface area contributed by atoms with Crippen molar-refractivity contribution in [3.63, 3.8) is 0 Å². The van der Waals surface area contributed by atoms with Crippen molar-refractivity contribution in [2.45, 2.75) is 45.3 Å². The predicted octanol–water partition coefficient (Wildman–Crippen LogP) is 3.29. The van der Waals surface area contributed by atoms with Gasteiger partial charge >= 0.3 is 0 Å². The third-order valence-corrected chi connectivity index (χ3v) is 5.37. The lowest BCUT2D eigenvalue weighted by Gasteiger charge is -2.12. The quantitative estimate of drug-likeness (QED) is 0.485. The fourth-order valence-electron chi connectivity index (χ4n) is 3.48. The Morgan fingerprint density at radius 1 is 1.21 bits per heavy atom. The molecule has 1 saturated carbocycles. The molecule has 8 nitrogen and oxygen atoms in total. The molecule has 0 saturated heterocycles. The summed E-state index contributed by atoms with van der Waals surface area (Å²) in [7, 11) is 0. The van der Waals surface area contributed by atoms with Crippen LogP contribution in [0.5, 0.6) is 5.75 Å². The van der Waals surface area contributed by atoms with Gasteiger partial charge in [0.15, 0.2) is 5.69 Å². The molecule has 1 fully saturated rings. The van der Waals surface area contributed by atoms with Crippen LogP contribution in [0.1, 0.15) is 64.7 Å². The second kappa shape index (κ2) is 8.93. The van der Waals surface area contributed by atoms with Crippen molar-refractivity contribution >= 4 is 17.5 Å². The Labute approximate surface area is 190 Å². The minimum Gasteiger partial charge on any atom is -0.490 e.